The number of amides is 2. The lowest BCUT2D eigenvalue weighted by Crippen LogP contribution is -2.50. The maximum Gasteiger partial charge on any atom is 0.234 e. The number of piperidine rings is 1. The summed E-state index contributed by atoms with van der Waals surface area (Å²) in [5.41, 5.74) is 0.770. The van der Waals surface area contributed by atoms with Gasteiger partial charge in [0.25, 0.3) is 0 Å². The third-order valence-electron chi connectivity index (χ3n) is 4.19. The third kappa shape index (κ3) is 2.05. The summed E-state index contributed by atoms with van der Waals surface area (Å²) >= 11 is 0. The summed E-state index contributed by atoms with van der Waals surface area (Å²) in [6.45, 7) is 4.12. The Hall–Kier alpha value is -1.64. The van der Waals surface area contributed by atoms with E-state index in [9.17, 15) is 9.59 Å². The van der Waals surface area contributed by atoms with E-state index in [1.165, 1.54) is 0 Å². The first-order valence-corrected chi connectivity index (χ1v) is 6.51. The Labute approximate surface area is 108 Å². The Morgan fingerprint density at radius 1 is 1.17 bits per heavy atom. The predicted molar refractivity (Wildman–Crippen MR) is 70.0 cm³/mol. The van der Waals surface area contributed by atoms with Crippen molar-refractivity contribution in [2.24, 2.45) is 5.41 Å². The fraction of sp³-hybridized carbons (Fsp3) is 0.467. The maximum absolute atomic E-state index is 12.2. The van der Waals surface area contributed by atoms with E-state index < -0.39 is 0 Å². The number of hydrogen-bond acceptors (Lipinski definition) is 2. The molecule has 1 aliphatic rings. The Kier molecular flexibility index (Phi) is 3.50. The van der Waals surface area contributed by atoms with Gasteiger partial charge in [0.1, 0.15) is 0 Å². The Balaban J connectivity index is 2.46. The van der Waals surface area contributed by atoms with E-state index in [4.69, 9.17) is 0 Å². The topological polar surface area (TPSA) is 46.2 Å². The molecule has 1 aromatic carbocycles. The Bertz CT molecular complexity index is 449. The molecule has 1 saturated heterocycles. The lowest BCUT2D eigenvalue weighted by Gasteiger charge is -2.41. The van der Waals surface area contributed by atoms with E-state index in [0.29, 0.717) is 6.42 Å². The van der Waals surface area contributed by atoms with Crippen molar-refractivity contribution in [2.45, 2.75) is 39.0 Å². The van der Waals surface area contributed by atoms with E-state index in [-0.39, 0.29) is 23.1 Å². The van der Waals surface area contributed by atoms with Crippen molar-refractivity contribution in [3.63, 3.8) is 0 Å². The highest BCUT2D eigenvalue weighted by Gasteiger charge is 2.46. The first kappa shape index (κ1) is 12.8. The minimum absolute atomic E-state index is 0.143. The van der Waals surface area contributed by atoms with Gasteiger partial charge in [-0.25, -0.2) is 0 Å². The second kappa shape index (κ2) is 4.92. The van der Waals surface area contributed by atoms with Crippen LogP contribution in [0, 0.1) is 5.41 Å². The van der Waals surface area contributed by atoms with Crippen LogP contribution in [0.1, 0.15) is 44.6 Å². The molecule has 2 amide bonds. The molecule has 1 unspecified atom stereocenters. The molecule has 0 aliphatic carbocycles. The highest BCUT2D eigenvalue weighted by atomic mass is 16.2. The van der Waals surface area contributed by atoms with Crippen molar-refractivity contribution in [2.75, 3.05) is 0 Å². The summed E-state index contributed by atoms with van der Waals surface area (Å²) in [4.78, 5) is 23.9. The molecule has 1 N–H and O–H groups in total. The first-order valence-electron chi connectivity index (χ1n) is 6.51. The third-order valence-corrected chi connectivity index (χ3v) is 4.19. The van der Waals surface area contributed by atoms with Gasteiger partial charge in [-0.2, -0.15) is 0 Å². The number of carbonyl (C=O) groups excluding carboxylic acids is 2. The fourth-order valence-electron chi connectivity index (χ4n) is 3.01. The zero-order chi connectivity index (χ0) is 13.2. The maximum atomic E-state index is 12.2. The van der Waals surface area contributed by atoms with E-state index in [2.05, 4.69) is 19.2 Å². The van der Waals surface area contributed by atoms with Crippen LogP contribution in [0.3, 0.4) is 0 Å². The molecular formula is C15H19NO2. The van der Waals surface area contributed by atoms with E-state index >= 15 is 0 Å². The van der Waals surface area contributed by atoms with Gasteiger partial charge in [-0.15, -0.1) is 0 Å². The highest BCUT2D eigenvalue weighted by molar-refractivity contribution is 6.02. The fourth-order valence-corrected chi connectivity index (χ4v) is 3.01. The number of nitrogens with one attached hydrogen (secondary N) is 1. The minimum Gasteiger partial charge on any atom is -0.296 e. The molecule has 1 heterocycles. The standard InChI is InChI=1S/C15H19NO2/c1-3-15(4-2)10-12(17)16-14(18)13(15)11-8-6-5-7-9-11/h5-9,13H,3-4,10H2,1-2H3,(H,16,17,18). The van der Waals surface area contributed by atoms with Crippen LogP contribution in [0.4, 0.5) is 0 Å². The van der Waals surface area contributed by atoms with Crippen molar-refractivity contribution in [3.8, 4) is 0 Å². The molecule has 1 atom stereocenters. The van der Waals surface area contributed by atoms with Crippen LogP contribution in [0.25, 0.3) is 0 Å². The van der Waals surface area contributed by atoms with Crippen molar-refractivity contribution in [1.29, 1.82) is 0 Å². The summed E-state index contributed by atoms with van der Waals surface area (Å²) in [6.07, 6.45) is 2.11. The quantitative estimate of drug-likeness (QED) is 0.832. The molecule has 96 valence electrons. The smallest absolute Gasteiger partial charge is 0.234 e. The van der Waals surface area contributed by atoms with Gasteiger partial charge < -0.3 is 0 Å². The summed E-state index contributed by atoms with van der Waals surface area (Å²) in [7, 11) is 0. The van der Waals surface area contributed by atoms with Gasteiger partial charge >= 0.3 is 0 Å². The predicted octanol–water partition coefficient (Wildman–Crippen LogP) is 2.62. The number of benzene rings is 1. The van der Waals surface area contributed by atoms with Gasteiger partial charge in [-0.05, 0) is 23.8 Å². The zero-order valence-corrected chi connectivity index (χ0v) is 10.9. The number of imide groups is 1. The molecule has 0 bridgehead atoms. The second-order valence-electron chi connectivity index (χ2n) is 5.00. The molecule has 2 rings (SSSR count). The van der Waals surface area contributed by atoms with Crippen LogP contribution in [-0.4, -0.2) is 11.8 Å². The van der Waals surface area contributed by atoms with Gasteiger partial charge in [-0.3, -0.25) is 14.9 Å². The van der Waals surface area contributed by atoms with Crippen LogP contribution < -0.4 is 5.32 Å². The lowest BCUT2D eigenvalue weighted by molar-refractivity contribution is -0.140. The van der Waals surface area contributed by atoms with Crippen molar-refractivity contribution >= 4 is 11.8 Å². The summed E-state index contributed by atoms with van der Waals surface area (Å²) < 4.78 is 0. The average molecular weight is 245 g/mol. The molecule has 1 aliphatic heterocycles. The summed E-state index contributed by atoms with van der Waals surface area (Å²) in [5.74, 6) is -0.511. The van der Waals surface area contributed by atoms with Crippen LogP contribution in [0.2, 0.25) is 0 Å². The molecule has 0 aromatic heterocycles. The monoisotopic (exact) mass is 245 g/mol. The number of carbonyl (C=O) groups is 2. The molecule has 3 nitrogen and oxygen atoms in total. The molecule has 0 spiro atoms. The summed E-state index contributed by atoms with van der Waals surface area (Å²) in [5, 5.41) is 2.47. The van der Waals surface area contributed by atoms with E-state index in [1.54, 1.807) is 0 Å². The van der Waals surface area contributed by atoms with Gasteiger partial charge in [0.15, 0.2) is 0 Å². The molecule has 1 aromatic rings. The Morgan fingerprint density at radius 2 is 1.78 bits per heavy atom. The van der Waals surface area contributed by atoms with Crippen molar-refractivity contribution in [1.82, 2.24) is 5.32 Å². The first-order chi connectivity index (χ1) is 8.63. The normalized spacial score (nSPS) is 22.7. The van der Waals surface area contributed by atoms with Gasteiger partial charge in [-0.1, -0.05) is 44.2 Å². The summed E-state index contributed by atoms with van der Waals surface area (Å²) in [6, 6.07) is 9.76. The molecule has 0 saturated carbocycles. The van der Waals surface area contributed by atoms with E-state index in [0.717, 1.165) is 18.4 Å². The zero-order valence-electron chi connectivity index (χ0n) is 10.9. The van der Waals surface area contributed by atoms with Gasteiger partial charge in [0.05, 0.1) is 5.92 Å². The second-order valence-corrected chi connectivity index (χ2v) is 5.00. The highest BCUT2D eigenvalue weighted by Crippen LogP contribution is 2.46. The molecule has 3 heteroatoms. The van der Waals surface area contributed by atoms with Crippen molar-refractivity contribution in [3.05, 3.63) is 35.9 Å². The van der Waals surface area contributed by atoms with Gasteiger partial charge in [0.2, 0.25) is 11.8 Å². The van der Waals surface area contributed by atoms with E-state index in [1.807, 2.05) is 30.3 Å². The van der Waals surface area contributed by atoms with Crippen LogP contribution >= 0.6 is 0 Å². The largest absolute Gasteiger partial charge is 0.296 e. The number of hydrogen-bond donors (Lipinski definition) is 1. The minimum atomic E-state index is -0.235. The molecule has 1 fully saturated rings. The van der Waals surface area contributed by atoms with Crippen LogP contribution in [-0.2, 0) is 9.59 Å². The average Bonchev–Trinajstić information content (AvgIpc) is 2.38. The van der Waals surface area contributed by atoms with Crippen molar-refractivity contribution < 1.29 is 9.59 Å². The molecule has 18 heavy (non-hydrogen) atoms. The number of rotatable bonds is 3. The lowest BCUT2D eigenvalue weighted by atomic mass is 9.64. The molecule has 0 radical (unpaired) electrons. The van der Waals surface area contributed by atoms with Crippen LogP contribution in [0.5, 0.6) is 0 Å². The SMILES string of the molecule is CCC1(CC)CC(=O)NC(=O)C1c1ccccc1. The Morgan fingerprint density at radius 3 is 2.33 bits per heavy atom. The van der Waals surface area contributed by atoms with Crippen LogP contribution in [0.15, 0.2) is 30.3 Å². The molecular weight excluding hydrogens is 226 g/mol. The van der Waals surface area contributed by atoms with Gasteiger partial charge in [0, 0.05) is 6.42 Å².